The molecule has 0 fully saturated rings. The lowest BCUT2D eigenvalue weighted by molar-refractivity contribution is -0.145. The molecule has 0 spiro atoms. The van der Waals surface area contributed by atoms with Gasteiger partial charge >= 0.3 is 6.18 Å². The van der Waals surface area contributed by atoms with Crippen LogP contribution in [-0.2, 0) is 12.7 Å². The van der Waals surface area contributed by atoms with Crippen LogP contribution in [0.4, 0.5) is 13.2 Å². The van der Waals surface area contributed by atoms with Crippen LogP contribution < -0.4 is 5.32 Å². The number of carbonyl (C=O) groups excluding carboxylic acids is 1. The topological polar surface area (TPSA) is 85.6 Å². The number of aryl methyl sites for hydroxylation is 1. The number of alkyl halides is 3. The van der Waals surface area contributed by atoms with Crippen molar-refractivity contribution in [3.05, 3.63) is 58.7 Å². The predicted octanol–water partition coefficient (Wildman–Crippen LogP) is 5.42. The fourth-order valence-electron chi connectivity index (χ4n) is 3.50. The Hall–Kier alpha value is -3.34. The molecule has 1 N–H and O–H groups in total. The highest BCUT2D eigenvalue weighted by Crippen LogP contribution is 2.33. The van der Waals surface area contributed by atoms with Gasteiger partial charge in [0, 0.05) is 58.3 Å². The number of aromatic nitrogens is 5. The van der Waals surface area contributed by atoms with E-state index in [0.717, 1.165) is 39.8 Å². The van der Waals surface area contributed by atoms with Crippen molar-refractivity contribution >= 4 is 28.1 Å². The van der Waals surface area contributed by atoms with Crippen molar-refractivity contribution in [3.63, 3.8) is 0 Å². The Bertz CT molecular complexity index is 1330. The number of benzene rings is 1. The van der Waals surface area contributed by atoms with E-state index in [1.54, 1.807) is 25.3 Å². The number of fused-ring (bicyclic) bond motifs is 1. The lowest BCUT2D eigenvalue weighted by atomic mass is 10.0. The molecule has 0 radical (unpaired) electrons. The fraction of sp³-hybridized carbons (Fsp3) is 0.348. The molecule has 178 valence electrons. The zero-order valence-corrected chi connectivity index (χ0v) is 19.8. The lowest BCUT2D eigenvalue weighted by Gasteiger charge is -2.15. The zero-order valence-electron chi connectivity index (χ0n) is 19.0. The standard InChI is InChI=1S/C23H23F3N6OS/c1-12(2)10-32-11-18-17(21-27-7-13(3)34-21)5-15(6-19(18)31-32)20(33)30-14(4)16-8-28-22(29-9-16)23(24,25)26/h5-9,11-12,14H,10H2,1-4H3,(H,30,33). The van der Waals surface area contributed by atoms with Gasteiger partial charge in [0.2, 0.25) is 5.82 Å². The van der Waals surface area contributed by atoms with Crippen molar-refractivity contribution in [1.82, 2.24) is 30.0 Å². The number of hydrogen-bond acceptors (Lipinski definition) is 6. The summed E-state index contributed by atoms with van der Waals surface area (Å²) in [5.41, 5.74) is 2.21. The first-order valence-corrected chi connectivity index (χ1v) is 11.5. The largest absolute Gasteiger partial charge is 0.451 e. The number of thiazole rings is 1. The van der Waals surface area contributed by atoms with Crippen molar-refractivity contribution in [3.8, 4) is 10.6 Å². The van der Waals surface area contributed by atoms with E-state index in [1.165, 1.54) is 11.3 Å². The van der Waals surface area contributed by atoms with Gasteiger partial charge in [0.15, 0.2) is 0 Å². The Morgan fingerprint density at radius 2 is 1.82 bits per heavy atom. The zero-order chi connectivity index (χ0) is 24.6. The highest BCUT2D eigenvalue weighted by molar-refractivity contribution is 7.15. The van der Waals surface area contributed by atoms with Gasteiger partial charge < -0.3 is 5.32 Å². The van der Waals surface area contributed by atoms with Gasteiger partial charge in [0.1, 0.15) is 5.01 Å². The second-order valence-electron chi connectivity index (χ2n) is 8.51. The fourth-order valence-corrected chi connectivity index (χ4v) is 4.29. The van der Waals surface area contributed by atoms with Crippen LogP contribution in [0.2, 0.25) is 0 Å². The quantitative estimate of drug-likeness (QED) is 0.392. The van der Waals surface area contributed by atoms with Crippen LogP contribution in [0.3, 0.4) is 0 Å². The van der Waals surface area contributed by atoms with Crippen LogP contribution in [0, 0.1) is 12.8 Å². The molecule has 7 nitrogen and oxygen atoms in total. The minimum absolute atomic E-state index is 0.361. The first-order chi connectivity index (χ1) is 16.0. The number of rotatable bonds is 6. The minimum atomic E-state index is -4.62. The highest BCUT2D eigenvalue weighted by Gasteiger charge is 2.34. The average molecular weight is 489 g/mol. The van der Waals surface area contributed by atoms with Gasteiger partial charge in [0.05, 0.1) is 11.6 Å². The van der Waals surface area contributed by atoms with Gasteiger partial charge in [-0.2, -0.15) is 18.3 Å². The summed E-state index contributed by atoms with van der Waals surface area (Å²) < 4.78 is 40.0. The van der Waals surface area contributed by atoms with Crippen LogP contribution in [0.5, 0.6) is 0 Å². The van der Waals surface area contributed by atoms with E-state index in [2.05, 4.69) is 39.2 Å². The first-order valence-electron chi connectivity index (χ1n) is 10.6. The summed E-state index contributed by atoms with van der Waals surface area (Å²) in [6.45, 7) is 8.55. The Morgan fingerprint density at radius 1 is 1.12 bits per heavy atom. The first kappa shape index (κ1) is 23.8. The number of amides is 1. The second kappa shape index (κ2) is 9.13. The van der Waals surface area contributed by atoms with Gasteiger partial charge in [-0.05, 0) is 31.9 Å². The summed E-state index contributed by atoms with van der Waals surface area (Å²) in [5.74, 6) is -1.21. The van der Waals surface area contributed by atoms with E-state index >= 15 is 0 Å². The summed E-state index contributed by atoms with van der Waals surface area (Å²) in [4.78, 5) is 25.4. The Morgan fingerprint density at radius 3 is 2.41 bits per heavy atom. The van der Waals surface area contributed by atoms with Crippen LogP contribution >= 0.6 is 11.3 Å². The molecule has 4 aromatic rings. The van der Waals surface area contributed by atoms with Gasteiger partial charge in [-0.3, -0.25) is 9.48 Å². The number of carbonyl (C=O) groups is 1. The van der Waals surface area contributed by atoms with E-state index < -0.39 is 18.0 Å². The summed E-state index contributed by atoms with van der Waals surface area (Å²) in [6, 6.07) is 2.88. The SMILES string of the molecule is Cc1cnc(-c2cc(C(=O)NC(C)c3cnc(C(F)(F)F)nc3)cc3nn(CC(C)C)cc23)s1. The average Bonchev–Trinajstić information content (AvgIpc) is 3.37. The maximum absolute atomic E-state index is 13.1. The number of nitrogens with one attached hydrogen (secondary N) is 1. The number of nitrogens with zero attached hydrogens (tertiary/aromatic N) is 5. The number of hydrogen-bond donors (Lipinski definition) is 1. The van der Waals surface area contributed by atoms with Crippen molar-refractivity contribution < 1.29 is 18.0 Å². The predicted molar refractivity (Wildman–Crippen MR) is 123 cm³/mol. The second-order valence-corrected chi connectivity index (χ2v) is 9.75. The van der Waals surface area contributed by atoms with E-state index in [1.807, 2.05) is 17.8 Å². The van der Waals surface area contributed by atoms with E-state index in [9.17, 15) is 18.0 Å². The molecule has 11 heteroatoms. The van der Waals surface area contributed by atoms with Crippen LogP contribution in [0.15, 0.2) is 36.9 Å². The molecule has 34 heavy (non-hydrogen) atoms. The summed E-state index contributed by atoms with van der Waals surface area (Å²) in [5, 5.41) is 9.13. The molecule has 0 aliphatic rings. The molecular formula is C23H23F3N6OS. The van der Waals surface area contributed by atoms with Crippen LogP contribution in [-0.4, -0.2) is 30.6 Å². The van der Waals surface area contributed by atoms with Gasteiger partial charge in [-0.25, -0.2) is 15.0 Å². The van der Waals surface area contributed by atoms with Gasteiger partial charge in [-0.15, -0.1) is 11.3 Å². The molecule has 3 aromatic heterocycles. The smallest absolute Gasteiger partial charge is 0.345 e. The molecule has 0 aliphatic heterocycles. The molecule has 0 saturated heterocycles. The van der Waals surface area contributed by atoms with Crippen molar-refractivity contribution in [2.75, 3.05) is 0 Å². The minimum Gasteiger partial charge on any atom is -0.345 e. The lowest BCUT2D eigenvalue weighted by Crippen LogP contribution is -2.27. The van der Waals surface area contributed by atoms with Crippen molar-refractivity contribution in [1.29, 1.82) is 0 Å². The van der Waals surface area contributed by atoms with Crippen molar-refractivity contribution in [2.45, 2.75) is 46.5 Å². The van der Waals surface area contributed by atoms with Crippen LogP contribution in [0.1, 0.15) is 53.4 Å². The summed E-state index contributed by atoms with van der Waals surface area (Å²) in [7, 11) is 0. The van der Waals surface area contributed by atoms with Crippen molar-refractivity contribution in [2.24, 2.45) is 5.92 Å². The molecule has 0 bridgehead atoms. The number of halogens is 3. The Kier molecular flexibility index (Phi) is 6.39. The summed E-state index contributed by atoms with van der Waals surface area (Å²) in [6.07, 6.45) is 1.27. The molecule has 1 atom stereocenters. The molecule has 1 unspecified atom stereocenters. The van der Waals surface area contributed by atoms with E-state index in [4.69, 9.17) is 0 Å². The normalized spacial score (nSPS) is 12.9. The Labute approximate surface area is 198 Å². The highest BCUT2D eigenvalue weighted by atomic mass is 32.1. The molecular weight excluding hydrogens is 465 g/mol. The maximum atomic E-state index is 13.1. The molecule has 0 saturated carbocycles. The van der Waals surface area contributed by atoms with E-state index in [0.29, 0.717) is 22.6 Å². The van der Waals surface area contributed by atoms with Gasteiger partial charge in [0.25, 0.3) is 5.91 Å². The van der Waals surface area contributed by atoms with Crippen LogP contribution in [0.25, 0.3) is 21.5 Å². The molecule has 0 aliphatic carbocycles. The molecule has 3 heterocycles. The van der Waals surface area contributed by atoms with Gasteiger partial charge in [-0.1, -0.05) is 13.8 Å². The monoisotopic (exact) mass is 488 g/mol. The third-order valence-electron chi connectivity index (χ3n) is 5.11. The summed E-state index contributed by atoms with van der Waals surface area (Å²) >= 11 is 1.53. The maximum Gasteiger partial charge on any atom is 0.451 e. The third kappa shape index (κ3) is 5.09. The van der Waals surface area contributed by atoms with E-state index in [-0.39, 0.29) is 5.91 Å². The third-order valence-corrected chi connectivity index (χ3v) is 6.06. The molecule has 1 aromatic carbocycles. The molecule has 1 amide bonds. The Balaban J connectivity index is 1.65. The molecule has 4 rings (SSSR count).